The van der Waals surface area contributed by atoms with Crippen LogP contribution in [0.4, 0.5) is 0 Å². The quantitative estimate of drug-likeness (QED) is 0.174. The van der Waals surface area contributed by atoms with Gasteiger partial charge in [-0.25, -0.2) is 15.0 Å². The molecule has 0 bridgehead atoms. The van der Waals surface area contributed by atoms with Gasteiger partial charge in [0.15, 0.2) is 17.5 Å². The van der Waals surface area contributed by atoms with Crippen molar-refractivity contribution in [1.29, 1.82) is 0 Å². The summed E-state index contributed by atoms with van der Waals surface area (Å²) in [5.41, 5.74) is 14.8. The van der Waals surface area contributed by atoms with Crippen molar-refractivity contribution in [2.24, 2.45) is 0 Å². The summed E-state index contributed by atoms with van der Waals surface area (Å²) >= 11 is 0. The third-order valence-electron chi connectivity index (χ3n) is 13.3. The van der Waals surface area contributed by atoms with Gasteiger partial charge in [0.2, 0.25) is 0 Å². The summed E-state index contributed by atoms with van der Waals surface area (Å²) in [5, 5.41) is 9.75. The highest BCUT2D eigenvalue weighted by Crippen LogP contribution is 2.54. The fourth-order valence-corrected chi connectivity index (χ4v) is 10.6. The fraction of sp³-hybridized carbons (Fsp3) is 0. The van der Waals surface area contributed by atoms with E-state index in [2.05, 4.69) is 185 Å². The van der Waals surface area contributed by atoms with Gasteiger partial charge in [0.05, 0.1) is 27.8 Å². The Bertz CT molecular complexity index is 4000. The van der Waals surface area contributed by atoms with E-state index in [-0.39, 0.29) is 0 Å². The first-order chi connectivity index (χ1) is 31.8. The molecule has 64 heavy (non-hydrogen) atoms. The highest BCUT2D eigenvalue weighted by Gasteiger charge is 2.30. The van der Waals surface area contributed by atoms with Crippen LogP contribution in [0.1, 0.15) is 0 Å². The highest BCUT2D eigenvalue weighted by molar-refractivity contribution is 6.36. The average Bonchev–Trinajstić information content (AvgIpc) is 3.84. The highest BCUT2D eigenvalue weighted by atomic mass is 15.0. The smallest absolute Gasteiger partial charge is 0.164 e. The second-order valence-corrected chi connectivity index (χ2v) is 16.7. The van der Waals surface area contributed by atoms with Gasteiger partial charge >= 0.3 is 0 Å². The predicted molar refractivity (Wildman–Crippen MR) is 264 cm³/mol. The first-order valence-electron chi connectivity index (χ1n) is 21.8. The Morgan fingerprint density at radius 1 is 0.297 bits per heavy atom. The zero-order valence-electron chi connectivity index (χ0n) is 34.4. The molecular formula is C59H35N5. The molecule has 0 amide bonds. The molecule has 3 heterocycles. The maximum absolute atomic E-state index is 5.19. The summed E-state index contributed by atoms with van der Waals surface area (Å²) in [5.74, 6) is 1.92. The summed E-state index contributed by atoms with van der Waals surface area (Å²) in [6.45, 7) is 0. The number of fused-ring (bicyclic) bond motifs is 8. The molecule has 0 aliphatic heterocycles. The van der Waals surface area contributed by atoms with E-state index in [0.29, 0.717) is 17.5 Å². The monoisotopic (exact) mass is 813 g/mol. The number of hydrogen-bond acceptors (Lipinski definition) is 3. The molecule has 3 aromatic heterocycles. The van der Waals surface area contributed by atoms with Gasteiger partial charge in [-0.3, -0.25) is 0 Å². The first-order valence-corrected chi connectivity index (χ1v) is 21.8. The maximum atomic E-state index is 5.19. The summed E-state index contributed by atoms with van der Waals surface area (Å²) in [6.07, 6.45) is 0. The molecule has 0 unspecified atom stereocenters. The number of nitrogens with zero attached hydrogens (tertiary/aromatic N) is 5. The Kier molecular flexibility index (Phi) is 7.33. The van der Waals surface area contributed by atoms with Gasteiger partial charge in [0.1, 0.15) is 0 Å². The van der Waals surface area contributed by atoms with E-state index in [0.717, 1.165) is 44.4 Å². The molecule has 0 spiro atoms. The molecule has 1 aliphatic rings. The Morgan fingerprint density at radius 2 is 0.891 bits per heavy atom. The topological polar surface area (TPSA) is 48.5 Å². The number of rotatable bonds is 5. The van der Waals surface area contributed by atoms with Crippen LogP contribution in [0, 0.1) is 0 Å². The van der Waals surface area contributed by atoms with Gasteiger partial charge in [-0.2, -0.15) is 0 Å². The van der Waals surface area contributed by atoms with E-state index in [1.165, 1.54) is 71.1 Å². The minimum Gasteiger partial charge on any atom is -0.309 e. The molecule has 0 saturated carbocycles. The number of para-hydroxylation sites is 2. The largest absolute Gasteiger partial charge is 0.309 e. The lowest BCUT2D eigenvalue weighted by atomic mass is 9.91. The van der Waals surface area contributed by atoms with Crippen LogP contribution in [0.15, 0.2) is 212 Å². The minimum atomic E-state index is 0.635. The zero-order chi connectivity index (χ0) is 41.9. The van der Waals surface area contributed by atoms with Crippen LogP contribution in [0.5, 0.6) is 0 Å². The second kappa shape index (κ2) is 13.4. The van der Waals surface area contributed by atoms with Crippen molar-refractivity contribution in [1.82, 2.24) is 24.1 Å². The second-order valence-electron chi connectivity index (χ2n) is 16.7. The molecule has 296 valence electrons. The molecule has 0 radical (unpaired) electrons. The van der Waals surface area contributed by atoms with Crippen LogP contribution in [-0.2, 0) is 0 Å². The van der Waals surface area contributed by atoms with Gasteiger partial charge in [-0.15, -0.1) is 0 Å². The predicted octanol–water partition coefficient (Wildman–Crippen LogP) is 15.0. The normalized spacial score (nSPS) is 12.1. The molecular weight excluding hydrogens is 779 g/mol. The van der Waals surface area contributed by atoms with E-state index in [1.54, 1.807) is 0 Å². The van der Waals surface area contributed by atoms with Gasteiger partial charge in [-0.1, -0.05) is 170 Å². The van der Waals surface area contributed by atoms with Crippen molar-refractivity contribution < 1.29 is 0 Å². The van der Waals surface area contributed by atoms with Crippen LogP contribution in [-0.4, -0.2) is 24.1 Å². The summed E-state index contributed by atoms with van der Waals surface area (Å²) in [4.78, 5) is 15.4. The van der Waals surface area contributed by atoms with Crippen molar-refractivity contribution in [3.8, 4) is 67.8 Å². The van der Waals surface area contributed by atoms with Crippen LogP contribution in [0.2, 0.25) is 0 Å². The van der Waals surface area contributed by atoms with E-state index in [9.17, 15) is 0 Å². The molecule has 0 atom stereocenters. The molecule has 0 fully saturated rings. The Hall–Kier alpha value is -8.67. The van der Waals surface area contributed by atoms with Gasteiger partial charge in [0, 0.05) is 54.9 Å². The van der Waals surface area contributed by atoms with Crippen molar-refractivity contribution >= 4 is 65.2 Å². The van der Waals surface area contributed by atoms with E-state index in [1.807, 2.05) is 36.4 Å². The summed E-state index contributed by atoms with van der Waals surface area (Å²) < 4.78 is 4.98. The van der Waals surface area contributed by atoms with Crippen LogP contribution >= 0.6 is 0 Å². The molecule has 14 rings (SSSR count). The van der Waals surface area contributed by atoms with Gasteiger partial charge in [0.25, 0.3) is 0 Å². The SMILES string of the molecule is c1ccc(-c2nc(-c3ccccc3)nc(-c3ccc(-n4c5cc6c(c7c5c5c8c(cccc8ccc54)-c4ccccc4-7)c4ccccc4n6-c4ccccc4)c4ccccc34)n2)cc1. The molecule has 0 saturated heterocycles. The Morgan fingerprint density at radius 3 is 1.64 bits per heavy atom. The summed E-state index contributed by atoms with van der Waals surface area (Å²) in [7, 11) is 0. The Balaban J connectivity index is 1.13. The average molecular weight is 814 g/mol. The number of aromatic nitrogens is 5. The third kappa shape index (κ3) is 4.92. The van der Waals surface area contributed by atoms with Gasteiger partial charge in [-0.05, 0) is 75.3 Å². The van der Waals surface area contributed by atoms with E-state index >= 15 is 0 Å². The first kappa shape index (κ1) is 35.0. The van der Waals surface area contributed by atoms with Crippen molar-refractivity contribution in [3.63, 3.8) is 0 Å². The lowest BCUT2D eigenvalue weighted by molar-refractivity contribution is 1.08. The zero-order valence-corrected chi connectivity index (χ0v) is 34.4. The van der Waals surface area contributed by atoms with Crippen LogP contribution < -0.4 is 0 Å². The van der Waals surface area contributed by atoms with Crippen molar-refractivity contribution in [2.45, 2.75) is 0 Å². The van der Waals surface area contributed by atoms with Crippen LogP contribution in [0.3, 0.4) is 0 Å². The third-order valence-corrected chi connectivity index (χ3v) is 13.3. The molecule has 5 nitrogen and oxygen atoms in total. The minimum absolute atomic E-state index is 0.635. The number of benzene rings is 10. The Labute approximate surface area is 367 Å². The standard InChI is InChI=1S/C59H35N5/c1-4-17-37(18-5-1)57-60-58(38-19-6-2-7-20-38)62-59(61-57)45-32-34-48(42-26-12-10-24-40(42)45)64-49-33-31-36-21-16-29-43-41-25-11-13-27-44(41)54-53-46-28-14-15-30-47(46)63(39-22-8-3-9-23-39)50(53)35-51(64)56(54)55(49)52(36)43/h1-35H. The molecule has 0 N–H and O–H groups in total. The van der Waals surface area contributed by atoms with Crippen molar-refractivity contribution in [3.05, 3.63) is 212 Å². The van der Waals surface area contributed by atoms with E-state index < -0.39 is 0 Å². The molecule has 13 aromatic rings. The molecule has 1 aliphatic carbocycles. The maximum Gasteiger partial charge on any atom is 0.164 e. The number of hydrogen-bond donors (Lipinski definition) is 0. The fourth-order valence-electron chi connectivity index (χ4n) is 10.6. The lowest BCUT2D eigenvalue weighted by Gasteiger charge is -2.17. The van der Waals surface area contributed by atoms with Crippen LogP contribution in [0.25, 0.3) is 133 Å². The van der Waals surface area contributed by atoms with E-state index in [4.69, 9.17) is 15.0 Å². The molecule has 5 heteroatoms. The lowest BCUT2D eigenvalue weighted by Crippen LogP contribution is -2.02. The van der Waals surface area contributed by atoms with Crippen molar-refractivity contribution in [2.75, 3.05) is 0 Å². The van der Waals surface area contributed by atoms with Gasteiger partial charge < -0.3 is 9.13 Å². The summed E-state index contributed by atoms with van der Waals surface area (Å²) in [6, 6.07) is 76.2. The molecule has 10 aromatic carbocycles.